The predicted molar refractivity (Wildman–Crippen MR) is 143 cm³/mol. The van der Waals surface area contributed by atoms with Gasteiger partial charge in [-0.25, -0.2) is 0 Å². The van der Waals surface area contributed by atoms with Crippen molar-refractivity contribution in [3.8, 4) is 34.3 Å². The van der Waals surface area contributed by atoms with Crippen molar-refractivity contribution in [1.29, 1.82) is 0 Å². The summed E-state index contributed by atoms with van der Waals surface area (Å²) in [4.78, 5) is 17.7. The van der Waals surface area contributed by atoms with Crippen molar-refractivity contribution < 1.29 is 9.47 Å². The van der Waals surface area contributed by atoms with E-state index in [1.807, 2.05) is 91.3 Å². The third kappa shape index (κ3) is 6.19. The molecule has 7 heteroatoms. The van der Waals surface area contributed by atoms with Crippen molar-refractivity contribution in [2.24, 2.45) is 0 Å². The predicted octanol–water partition coefficient (Wildman–Crippen LogP) is 6.36. The van der Waals surface area contributed by atoms with E-state index in [2.05, 4.69) is 42.5 Å². The molecule has 4 heterocycles. The molecule has 1 aromatic carbocycles. The number of benzene rings is 1. The van der Waals surface area contributed by atoms with Crippen LogP contribution in [0.5, 0.6) is 11.5 Å². The van der Waals surface area contributed by atoms with Crippen molar-refractivity contribution in [2.75, 3.05) is 0 Å². The van der Waals surface area contributed by atoms with Crippen molar-refractivity contribution in [3.05, 3.63) is 118 Å². The molecule has 0 amide bonds. The third-order valence-corrected chi connectivity index (χ3v) is 5.78. The lowest BCUT2D eigenvalue weighted by molar-refractivity contribution is 0.289. The van der Waals surface area contributed by atoms with E-state index < -0.39 is 0 Å². The average molecular weight is 572 g/mol. The zero-order valence-electron chi connectivity index (χ0n) is 18.7. The molecule has 0 radical (unpaired) electrons. The second kappa shape index (κ2) is 11.1. The van der Waals surface area contributed by atoms with Crippen molar-refractivity contribution in [3.63, 3.8) is 0 Å². The first-order chi connectivity index (χ1) is 17.2. The summed E-state index contributed by atoms with van der Waals surface area (Å²) in [5.41, 5.74) is 5.32. The van der Waals surface area contributed by atoms with Gasteiger partial charge in [0.1, 0.15) is 24.7 Å². The maximum absolute atomic E-state index is 6.02. The van der Waals surface area contributed by atoms with Gasteiger partial charge in [0.15, 0.2) is 0 Å². The van der Waals surface area contributed by atoms with E-state index in [0.717, 1.165) is 49.0 Å². The molecular weight excluding hydrogens is 551 g/mol. The summed E-state index contributed by atoms with van der Waals surface area (Å²) in [6.07, 6.45) is 7.16. The first-order valence-electron chi connectivity index (χ1n) is 11.0. The van der Waals surface area contributed by atoms with Crippen LogP contribution in [0.4, 0.5) is 0 Å². The lowest BCUT2D eigenvalue weighted by Gasteiger charge is -2.11. The molecule has 5 aromatic rings. The molecule has 4 aromatic heterocycles. The van der Waals surface area contributed by atoms with Gasteiger partial charge in [-0.1, -0.05) is 24.3 Å². The molecule has 0 saturated carbocycles. The zero-order valence-corrected chi connectivity index (χ0v) is 20.9. The van der Waals surface area contributed by atoms with Crippen LogP contribution in [-0.4, -0.2) is 19.9 Å². The lowest BCUT2D eigenvalue weighted by atomic mass is 10.2. The third-order valence-electron chi connectivity index (χ3n) is 5.16. The fraction of sp³-hybridized carbons (Fsp3) is 0.0714. The SMILES string of the molecule is Ic1cc(OCc2ccc(-c3ccccn3)nc2)cc(OCc2ccc(-c3ccccn3)nc2)c1. The molecule has 0 atom stereocenters. The Morgan fingerprint density at radius 3 is 1.43 bits per heavy atom. The summed E-state index contributed by atoms with van der Waals surface area (Å²) in [5, 5.41) is 0. The highest BCUT2D eigenvalue weighted by atomic mass is 127. The number of hydrogen-bond acceptors (Lipinski definition) is 6. The Labute approximate surface area is 217 Å². The Hall–Kier alpha value is -3.85. The van der Waals surface area contributed by atoms with Gasteiger partial charge >= 0.3 is 0 Å². The minimum absolute atomic E-state index is 0.411. The maximum atomic E-state index is 6.02. The van der Waals surface area contributed by atoms with E-state index in [0.29, 0.717) is 13.2 Å². The number of ether oxygens (including phenoxy) is 2. The molecule has 6 nitrogen and oxygen atoms in total. The second-order valence-electron chi connectivity index (χ2n) is 7.73. The van der Waals surface area contributed by atoms with E-state index in [-0.39, 0.29) is 0 Å². The topological polar surface area (TPSA) is 70.0 Å². The quantitative estimate of drug-likeness (QED) is 0.202. The van der Waals surface area contributed by atoms with Gasteiger partial charge in [-0.3, -0.25) is 19.9 Å². The summed E-state index contributed by atoms with van der Waals surface area (Å²) in [6, 6.07) is 25.3. The number of nitrogens with zero attached hydrogens (tertiary/aromatic N) is 4. The van der Waals surface area contributed by atoms with E-state index >= 15 is 0 Å². The number of aromatic nitrogens is 4. The molecule has 0 spiro atoms. The number of halogens is 1. The van der Waals surface area contributed by atoms with Crippen LogP contribution in [-0.2, 0) is 13.2 Å². The molecule has 0 fully saturated rings. The van der Waals surface area contributed by atoms with Gasteiger partial charge in [0, 0.05) is 45.6 Å². The molecule has 0 saturated heterocycles. The van der Waals surface area contributed by atoms with Gasteiger partial charge < -0.3 is 9.47 Å². The van der Waals surface area contributed by atoms with Crippen LogP contribution in [0.25, 0.3) is 22.8 Å². The molecule has 0 aliphatic rings. The van der Waals surface area contributed by atoms with Crippen LogP contribution in [0.2, 0.25) is 0 Å². The maximum Gasteiger partial charge on any atom is 0.124 e. The Kier molecular flexibility index (Phi) is 7.24. The molecule has 0 aliphatic carbocycles. The molecule has 5 rings (SSSR count). The van der Waals surface area contributed by atoms with E-state index in [9.17, 15) is 0 Å². The second-order valence-corrected chi connectivity index (χ2v) is 8.98. The first-order valence-corrected chi connectivity index (χ1v) is 12.1. The molecule has 35 heavy (non-hydrogen) atoms. The van der Waals surface area contributed by atoms with Crippen LogP contribution >= 0.6 is 22.6 Å². The van der Waals surface area contributed by atoms with Crippen LogP contribution in [0.1, 0.15) is 11.1 Å². The van der Waals surface area contributed by atoms with Crippen LogP contribution < -0.4 is 9.47 Å². The minimum Gasteiger partial charge on any atom is -0.489 e. The largest absolute Gasteiger partial charge is 0.489 e. The van der Waals surface area contributed by atoms with Gasteiger partial charge in [-0.2, -0.15) is 0 Å². The van der Waals surface area contributed by atoms with Gasteiger partial charge in [0.05, 0.1) is 22.8 Å². The summed E-state index contributed by atoms with van der Waals surface area (Å²) in [6.45, 7) is 0.821. The highest BCUT2D eigenvalue weighted by molar-refractivity contribution is 14.1. The smallest absolute Gasteiger partial charge is 0.124 e. The molecule has 172 valence electrons. The summed E-state index contributed by atoms with van der Waals surface area (Å²) < 4.78 is 13.1. The zero-order chi connectivity index (χ0) is 23.9. The van der Waals surface area contributed by atoms with Crippen LogP contribution in [0.15, 0.2) is 104 Å². The van der Waals surface area contributed by atoms with Crippen molar-refractivity contribution in [2.45, 2.75) is 13.2 Å². The van der Waals surface area contributed by atoms with Gasteiger partial charge in [0.25, 0.3) is 0 Å². The van der Waals surface area contributed by atoms with Gasteiger partial charge in [0.2, 0.25) is 0 Å². The standard InChI is InChI=1S/C28H21IN4O2/c29-22-13-23(34-18-20-7-9-27(32-16-20)25-5-1-3-11-30-25)15-24(14-22)35-19-21-8-10-28(33-17-21)26-6-2-4-12-31-26/h1-17H,18-19H2. The summed E-state index contributed by atoms with van der Waals surface area (Å²) >= 11 is 2.26. The molecule has 0 aliphatic heterocycles. The fourth-order valence-electron chi connectivity index (χ4n) is 3.39. The van der Waals surface area contributed by atoms with Crippen LogP contribution in [0, 0.1) is 3.57 Å². The first kappa shape index (κ1) is 22.9. The van der Waals surface area contributed by atoms with E-state index in [1.54, 1.807) is 12.4 Å². The number of rotatable bonds is 8. The highest BCUT2D eigenvalue weighted by Gasteiger charge is 2.06. The average Bonchev–Trinajstić information content (AvgIpc) is 2.92. The molecule has 0 bridgehead atoms. The number of hydrogen-bond donors (Lipinski definition) is 0. The van der Waals surface area contributed by atoms with Crippen LogP contribution in [0.3, 0.4) is 0 Å². The monoisotopic (exact) mass is 572 g/mol. The van der Waals surface area contributed by atoms with Crippen molar-refractivity contribution in [1.82, 2.24) is 19.9 Å². The molecule has 0 unspecified atom stereocenters. The molecule has 0 N–H and O–H groups in total. The normalized spacial score (nSPS) is 10.7. The van der Waals surface area contributed by atoms with Gasteiger partial charge in [-0.05, 0) is 71.1 Å². The lowest BCUT2D eigenvalue weighted by Crippen LogP contribution is -2.00. The Morgan fingerprint density at radius 2 is 1.03 bits per heavy atom. The molecular formula is C28H21IN4O2. The summed E-state index contributed by atoms with van der Waals surface area (Å²) in [7, 11) is 0. The Bertz CT molecular complexity index is 1280. The van der Waals surface area contributed by atoms with E-state index in [1.165, 1.54) is 0 Å². The summed E-state index contributed by atoms with van der Waals surface area (Å²) in [5.74, 6) is 1.48. The van der Waals surface area contributed by atoms with E-state index in [4.69, 9.17) is 9.47 Å². The Morgan fingerprint density at radius 1 is 0.543 bits per heavy atom. The van der Waals surface area contributed by atoms with Gasteiger partial charge in [-0.15, -0.1) is 0 Å². The fourth-order valence-corrected chi connectivity index (χ4v) is 4.00. The Balaban J connectivity index is 1.19. The minimum atomic E-state index is 0.411. The van der Waals surface area contributed by atoms with Crippen molar-refractivity contribution >= 4 is 22.6 Å². The highest BCUT2D eigenvalue weighted by Crippen LogP contribution is 2.26. The number of pyridine rings is 4.